The van der Waals surface area contributed by atoms with E-state index in [1.54, 1.807) is 39.0 Å². The summed E-state index contributed by atoms with van der Waals surface area (Å²) in [5.74, 6) is 1.54. The maximum atomic E-state index is 12.5. The molecule has 8 heteroatoms. The lowest BCUT2D eigenvalue weighted by atomic mass is 10.1. The zero-order valence-electron chi connectivity index (χ0n) is 12.4. The summed E-state index contributed by atoms with van der Waals surface area (Å²) in [5, 5.41) is 3.68. The van der Waals surface area contributed by atoms with Gasteiger partial charge in [-0.15, -0.1) is 0 Å². The van der Waals surface area contributed by atoms with Gasteiger partial charge >= 0.3 is 0 Å². The summed E-state index contributed by atoms with van der Waals surface area (Å²) >= 11 is 0. The molecule has 7 nitrogen and oxygen atoms in total. The highest BCUT2D eigenvalue weighted by atomic mass is 32.2. The Morgan fingerprint density at radius 3 is 2.64 bits per heavy atom. The Balaban J connectivity index is 1.86. The topological polar surface area (TPSA) is 90.7 Å². The molecule has 0 saturated carbocycles. The average molecular weight is 324 g/mol. The van der Waals surface area contributed by atoms with Crippen molar-refractivity contribution in [2.75, 3.05) is 6.79 Å². The van der Waals surface area contributed by atoms with Crippen LogP contribution in [0.5, 0.6) is 11.5 Å². The van der Waals surface area contributed by atoms with Gasteiger partial charge in [0, 0.05) is 6.04 Å². The Kier molecular flexibility index (Phi) is 3.57. The van der Waals surface area contributed by atoms with Crippen LogP contribution < -0.4 is 14.2 Å². The molecule has 0 aliphatic carbocycles. The smallest absolute Gasteiger partial charge is 0.246 e. The van der Waals surface area contributed by atoms with E-state index in [-0.39, 0.29) is 17.4 Å². The molecule has 22 heavy (non-hydrogen) atoms. The molecular formula is C14H16N2O5S. The van der Waals surface area contributed by atoms with Crippen molar-refractivity contribution in [3.8, 4) is 11.5 Å². The van der Waals surface area contributed by atoms with Crippen LogP contribution in [0.15, 0.2) is 27.6 Å². The molecule has 0 radical (unpaired) electrons. The lowest BCUT2D eigenvalue weighted by molar-refractivity contribution is 0.174. The number of nitrogens with zero attached hydrogens (tertiary/aromatic N) is 1. The summed E-state index contributed by atoms with van der Waals surface area (Å²) in [6, 6.07) is 4.89. The highest BCUT2D eigenvalue weighted by Crippen LogP contribution is 2.34. The van der Waals surface area contributed by atoms with Crippen molar-refractivity contribution in [3.05, 3.63) is 35.2 Å². The monoisotopic (exact) mass is 324 g/mol. The fraction of sp³-hybridized carbons (Fsp3) is 0.357. The number of fused-ring (bicyclic) bond motifs is 1. The molecule has 1 aromatic heterocycles. The molecule has 0 fully saturated rings. The van der Waals surface area contributed by atoms with E-state index in [1.807, 2.05) is 0 Å². The van der Waals surface area contributed by atoms with Crippen LogP contribution in [0.4, 0.5) is 0 Å². The third kappa shape index (κ3) is 2.55. The summed E-state index contributed by atoms with van der Waals surface area (Å²) in [6.07, 6.45) is 0. The summed E-state index contributed by atoms with van der Waals surface area (Å²) in [4.78, 5) is 0.0834. The van der Waals surface area contributed by atoms with Crippen molar-refractivity contribution in [3.63, 3.8) is 0 Å². The number of hydrogen-bond acceptors (Lipinski definition) is 6. The number of aromatic nitrogens is 1. The number of nitrogens with one attached hydrogen (secondary N) is 1. The Bertz CT molecular complexity index is 793. The quantitative estimate of drug-likeness (QED) is 0.925. The van der Waals surface area contributed by atoms with Crippen LogP contribution in [0.3, 0.4) is 0 Å². The van der Waals surface area contributed by atoms with Crippen molar-refractivity contribution in [1.82, 2.24) is 9.88 Å². The first kappa shape index (κ1) is 14.9. The summed E-state index contributed by atoms with van der Waals surface area (Å²) in [5.41, 5.74) is 1.11. The van der Waals surface area contributed by atoms with Crippen molar-refractivity contribution < 1.29 is 22.4 Å². The zero-order chi connectivity index (χ0) is 15.9. The Morgan fingerprint density at radius 1 is 1.23 bits per heavy atom. The molecule has 0 amide bonds. The maximum absolute atomic E-state index is 12.5. The molecule has 1 aliphatic heterocycles. The molecule has 1 aromatic carbocycles. The van der Waals surface area contributed by atoms with Gasteiger partial charge in [0.15, 0.2) is 17.3 Å². The summed E-state index contributed by atoms with van der Waals surface area (Å²) < 4.78 is 43.1. The van der Waals surface area contributed by atoms with Gasteiger partial charge in [-0.1, -0.05) is 11.2 Å². The Hall–Kier alpha value is -2.06. The molecule has 0 saturated heterocycles. The average Bonchev–Trinajstić information content (AvgIpc) is 3.04. The van der Waals surface area contributed by atoms with Crippen LogP contribution in [0, 0.1) is 13.8 Å². The predicted molar refractivity (Wildman–Crippen MR) is 77.3 cm³/mol. The van der Waals surface area contributed by atoms with Gasteiger partial charge in [0.05, 0.1) is 0 Å². The van der Waals surface area contributed by atoms with Crippen LogP contribution in [-0.2, 0) is 10.0 Å². The van der Waals surface area contributed by atoms with Gasteiger partial charge in [-0.05, 0) is 38.5 Å². The highest BCUT2D eigenvalue weighted by Gasteiger charge is 2.26. The number of ether oxygens (including phenoxy) is 2. The van der Waals surface area contributed by atoms with Crippen LogP contribution in [0.25, 0.3) is 0 Å². The second kappa shape index (κ2) is 5.29. The summed E-state index contributed by atoms with van der Waals surface area (Å²) in [7, 11) is -3.72. The fourth-order valence-corrected chi connectivity index (χ4v) is 3.96. The largest absolute Gasteiger partial charge is 0.454 e. The van der Waals surface area contributed by atoms with Gasteiger partial charge in [0.25, 0.3) is 0 Å². The van der Waals surface area contributed by atoms with Gasteiger partial charge in [-0.3, -0.25) is 0 Å². The first-order valence-electron chi connectivity index (χ1n) is 6.73. The molecule has 1 atom stereocenters. The number of hydrogen-bond donors (Lipinski definition) is 1. The minimum absolute atomic E-state index is 0.0834. The molecule has 1 aliphatic rings. The van der Waals surface area contributed by atoms with Crippen LogP contribution in [0.1, 0.15) is 30.0 Å². The molecule has 0 spiro atoms. The van der Waals surface area contributed by atoms with Crippen molar-refractivity contribution in [2.24, 2.45) is 0 Å². The molecule has 3 rings (SSSR count). The molecule has 0 bridgehead atoms. The third-order valence-electron chi connectivity index (χ3n) is 3.47. The van der Waals surface area contributed by atoms with Crippen molar-refractivity contribution in [2.45, 2.75) is 31.7 Å². The van der Waals surface area contributed by atoms with Crippen molar-refractivity contribution in [1.29, 1.82) is 0 Å². The normalized spacial score (nSPS) is 15.0. The van der Waals surface area contributed by atoms with E-state index < -0.39 is 16.1 Å². The number of rotatable bonds is 4. The number of aryl methyl sites for hydroxylation is 2. The van der Waals surface area contributed by atoms with Gasteiger partial charge in [0.2, 0.25) is 16.8 Å². The zero-order valence-corrected chi connectivity index (χ0v) is 13.2. The molecular weight excluding hydrogens is 308 g/mol. The van der Waals surface area contributed by atoms with Gasteiger partial charge < -0.3 is 14.0 Å². The van der Waals surface area contributed by atoms with Gasteiger partial charge in [-0.2, -0.15) is 0 Å². The number of sulfonamides is 1. The van der Waals surface area contributed by atoms with E-state index in [9.17, 15) is 8.42 Å². The fourth-order valence-electron chi connectivity index (χ4n) is 2.40. The van der Waals surface area contributed by atoms with E-state index in [0.29, 0.717) is 17.2 Å². The molecule has 2 heterocycles. The maximum Gasteiger partial charge on any atom is 0.246 e. The van der Waals surface area contributed by atoms with Gasteiger partial charge in [-0.25, -0.2) is 13.1 Å². The molecule has 0 unspecified atom stereocenters. The van der Waals surface area contributed by atoms with E-state index >= 15 is 0 Å². The highest BCUT2D eigenvalue weighted by molar-refractivity contribution is 7.89. The van der Waals surface area contributed by atoms with Crippen molar-refractivity contribution >= 4 is 10.0 Å². The SMILES string of the molecule is Cc1noc(C)c1S(=O)(=O)N[C@H](C)c1ccc2c(c1)OCO2. The minimum Gasteiger partial charge on any atom is -0.454 e. The Morgan fingerprint density at radius 2 is 1.95 bits per heavy atom. The molecule has 118 valence electrons. The minimum atomic E-state index is -3.72. The number of benzene rings is 1. The molecule has 1 N–H and O–H groups in total. The summed E-state index contributed by atoms with van der Waals surface area (Å²) in [6.45, 7) is 5.10. The second-order valence-electron chi connectivity index (χ2n) is 5.11. The predicted octanol–water partition coefficient (Wildman–Crippen LogP) is 2.06. The van der Waals surface area contributed by atoms with Crippen LogP contribution >= 0.6 is 0 Å². The van der Waals surface area contributed by atoms with Crippen LogP contribution in [0.2, 0.25) is 0 Å². The lowest BCUT2D eigenvalue weighted by Gasteiger charge is -2.15. The van der Waals surface area contributed by atoms with Gasteiger partial charge in [0.1, 0.15) is 10.6 Å². The van der Waals surface area contributed by atoms with E-state index in [2.05, 4.69) is 9.88 Å². The van der Waals surface area contributed by atoms with E-state index in [0.717, 1.165) is 5.56 Å². The standard InChI is InChI=1S/C14H16N2O5S/c1-8(11-4-5-12-13(6-11)20-7-19-12)16-22(17,18)14-9(2)15-21-10(14)3/h4-6,8,16H,7H2,1-3H3/t8-/m1/s1. The first-order valence-corrected chi connectivity index (χ1v) is 8.21. The lowest BCUT2D eigenvalue weighted by Crippen LogP contribution is -2.27. The third-order valence-corrected chi connectivity index (χ3v) is 5.25. The Labute approximate surface area is 128 Å². The van der Waals surface area contributed by atoms with E-state index in [1.165, 1.54) is 0 Å². The molecule has 2 aromatic rings. The first-order chi connectivity index (χ1) is 10.4. The van der Waals surface area contributed by atoms with E-state index in [4.69, 9.17) is 14.0 Å². The van der Waals surface area contributed by atoms with Crippen LogP contribution in [-0.4, -0.2) is 20.4 Å². The second-order valence-corrected chi connectivity index (χ2v) is 6.76.